The number of hydrogen-bond donors (Lipinski definition) is 1. The first kappa shape index (κ1) is 13.1. The van der Waals surface area contributed by atoms with Crippen LogP contribution in [-0.4, -0.2) is 49.0 Å². The lowest BCUT2D eigenvalue weighted by atomic mass is 10.3. The quantitative estimate of drug-likeness (QED) is 0.863. The topological polar surface area (TPSA) is 75.2 Å². The van der Waals surface area contributed by atoms with E-state index in [1.807, 2.05) is 24.8 Å². The second-order valence-electron chi connectivity index (χ2n) is 4.43. The van der Waals surface area contributed by atoms with Gasteiger partial charge in [-0.05, 0) is 19.9 Å². The fourth-order valence-corrected chi connectivity index (χ4v) is 3.65. The van der Waals surface area contributed by atoms with Crippen LogP contribution in [0.25, 0.3) is 0 Å². The van der Waals surface area contributed by atoms with E-state index in [4.69, 9.17) is 0 Å². The van der Waals surface area contributed by atoms with E-state index in [1.54, 1.807) is 6.20 Å². The van der Waals surface area contributed by atoms with Crippen molar-refractivity contribution >= 4 is 21.6 Å². The summed E-state index contributed by atoms with van der Waals surface area (Å²) in [7, 11) is -2.89. The van der Waals surface area contributed by atoms with E-state index < -0.39 is 9.84 Å². The van der Waals surface area contributed by atoms with Crippen LogP contribution in [0.4, 0.5) is 11.8 Å². The third-order valence-corrected chi connectivity index (χ3v) is 4.74. The van der Waals surface area contributed by atoms with Crippen LogP contribution in [0.1, 0.15) is 13.8 Å². The van der Waals surface area contributed by atoms with E-state index in [9.17, 15) is 8.42 Å². The second-order valence-corrected chi connectivity index (χ2v) is 6.65. The van der Waals surface area contributed by atoms with Crippen LogP contribution < -0.4 is 10.2 Å². The number of aromatic nitrogens is 2. The SMILES string of the molecule is CCNc1nccc(N2CCS(=O)(=O)CC2C)n1. The molecule has 0 bridgehead atoms. The first-order chi connectivity index (χ1) is 8.52. The second kappa shape index (κ2) is 5.09. The Morgan fingerprint density at radius 2 is 2.33 bits per heavy atom. The minimum absolute atomic E-state index is 0.0480. The highest BCUT2D eigenvalue weighted by Gasteiger charge is 2.28. The van der Waals surface area contributed by atoms with Crippen molar-refractivity contribution < 1.29 is 8.42 Å². The van der Waals surface area contributed by atoms with Crippen molar-refractivity contribution in [1.82, 2.24) is 9.97 Å². The number of nitrogens with one attached hydrogen (secondary N) is 1. The summed E-state index contributed by atoms with van der Waals surface area (Å²) in [5.74, 6) is 1.74. The fraction of sp³-hybridized carbons (Fsp3) is 0.636. The Labute approximate surface area is 107 Å². The molecule has 0 spiro atoms. The maximum absolute atomic E-state index is 11.5. The molecule has 1 aromatic rings. The zero-order chi connectivity index (χ0) is 13.2. The van der Waals surface area contributed by atoms with Gasteiger partial charge in [0, 0.05) is 25.3 Å². The molecule has 7 heteroatoms. The molecule has 1 aromatic heterocycles. The van der Waals surface area contributed by atoms with Crippen LogP contribution >= 0.6 is 0 Å². The van der Waals surface area contributed by atoms with Crippen molar-refractivity contribution in [3.05, 3.63) is 12.3 Å². The van der Waals surface area contributed by atoms with Crippen molar-refractivity contribution in [1.29, 1.82) is 0 Å². The normalized spacial score (nSPS) is 22.8. The predicted molar refractivity (Wildman–Crippen MR) is 71.7 cm³/mol. The summed E-state index contributed by atoms with van der Waals surface area (Å²) in [5, 5.41) is 3.05. The first-order valence-electron chi connectivity index (χ1n) is 6.06. The van der Waals surface area contributed by atoms with E-state index in [-0.39, 0.29) is 17.5 Å². The van der Waals surface area contributed by atoms with E-state index in [0.29, 0.717) is 12.5 Å². The van der Waals surface area contributed by atoms with Gasteiger partial charge in [0.05, 0.1) is 11.5 Å². The van der Waals surface area contributed by atoms with Crippen LogP contribution in [0.5, 0.6) is 0 Å². The number of sulfone groups is 1. The molecule has 1 N–H and O–H groups in total. The average molecular weight is 270 g/mol. The summed E-state index contributed by atoms with van der Waals surface area (Å²) in [6.45, 7) is 5.14. The molecule has 0 aliphatic carbocycles. The van der Waals surface area contributed by atoms with Crippen molar-refractivity contribution in [3.8, 4) is 0 Å². The van der Waals surface area contributed by atoms with Gasteiger partial charge in [-0.3, -0.25) is 0 Å². The minimum Gasteiger partial charge on any atom is -0.354 e. The summed E-state index contributed by atoms with van der Waals surface area (Å²) >= 11 is 0. The van der Waals surface area contributed by atoms with Crippen LogP contribution in [0.3, 0.4) is 0 Å². The van der Waals surface area contributed by atoms with Crippen molar-refractivity contribution in [2.75, 3.05) is 34.8 Å². The van der Waals surface area contributed by atoms with Gasteiger partial charge in [-0.1, -0.05) is 0 Å². The smallest absolute Gasteiger partial charge is 0.224 e. The summed E-state index contributed by atoms with van der Waals surface area (Å²) in [6.07, 6.45) is 1.69. The number of anilines is 2. The van der Waals surface area contributed by atoms with Gasteiger partial charge in [0.15, 0.2) is 9.84 Å². The Bertz CT molecular complexity index is 518. The molecule has 0 aromatic carbocycles. The van der Waals surface area contributed by atoms with Crippen molar-refractivity contribution in [2.24, 2.45) is 0 Å². The summed E-state index contributed by atoms with van der Waals surface area (Å²) < 4.78 is 23.1. The maximum Gasteiger partial charge on any atom is 0.224 e. The fourth-order valence-electron chi connectivity index (χ4n) is 2.09. The summed E-state index contributed by atoms with van der Waals surface area (Å²) in [5.41, 5.74) is 0. The number of rotatable bonds is 3. The highest BCUT2D eigenvalue weighted by Crippen LogP contribution is 2.19. The molecule has 1 atom stereocenters. The lowest BCUT2D eigenvalue weighted by Gasteiger charge is -2.34. The molecule has 1 aliphatic rings. The van der Waals surface area contributed by atoms with Gasteiger partial charge in [0.1, 0.15) is 5.82 Å². The Hall–Kier alpha value is -1.37. The lowest BCUT2D eigenvalue weighted by molar-refractivity contribution is 0.567. The molecule has 1 saturated heterocycles. The van der Waals surface area contributed by atoms with Crippen molar-refractivity contribution in [3.63, 3.8) is 0 Å². The predicted octanol–water partition coefficient (Wildman–Crippen LogP) is 0.532. The van der Waals surface area contributed by atoms with Gasteiger partial charge in [-0.25, -0.2) is 13.4 Å². The molecule has 1 aliphatic heterocycles. The van der Waals surface area contributed by atoms with Gasteiger partial charge < -0.3 is 10.2 Å². The Balaban J connectivity index is 2.19. The molecule has 1 unspecified atom stereocenters. The molecule has 0 saturated carbocycles. The zero-order valence-corrected chi connectivity index (χ0v) is 11.4. The molecule has 0 radical (unpaired) electrons. The van der Waals surface area contributed by atoms with Crippen LogP contribution in [-0.2, 0) is 9.84 Å². The molecule has 100 valence electrons. The molecule has 18 heavy (non-hydrogen) atoms. The van der Waals surface area contributed by atoms with Crippen LogP contribution in [0.2, 0.25) is 0 Å². The Morgan fingerprint density at radius 3 is 3.00 bits per heavy atom. The van der Waals surface area contributed by atoms with Gasteiger partial charge in [0.25, 0.3) is 0 Å². The molecule has 2 rings (SSSR count). The van der Waals surface area contributed by atoms with E-state index in [0.717, 1.165) is 12.4 Å². The molecule has 1 fully saturated rings. The molecule has 6 nitrogen and oxygen atoms in total. The third kappa shape index (κ3) is 2.90. The Morgan fingerprint density at radius 1 is 1.56 bits per heavy atom. The lowest BCUT2D eigenvalue weighted by Crippen LogP contribution is -2.47. The largest absolute Gasteiger partial charge is 0.354 e. The minimum atomic E-state index is -2.89. The highest BCUT2D eigenvalue weighted by molar-refractivity contribution is 7.91. The monoisotopic (exact) mass is 270 g/mol. The zero-order valence-electron chi connectivity index (χ0n) is 10.6. The van der Waals surface area contributed by atoms with Gasteiger partial charge in [-0.15, -0.1) is 0 Å². The highest BCUT2D eigenvalue weighted by atomic mass is 32.2. The van der Waals surface area contributed by atoms with Gasteiger partial charge in [0.2, 0.25) is 5.95 Å². The maximum atomic E-state index is 11.5. The number of hydrogen-bond acceptors (Lipinski definition) is 6. The molecular weight excluding hydrogens is 252 g/mol. The van der Waals surface area contributed by atoms with E-state index in [1.165, 1.54) is 0 Å². The molecule has 2 heterocycles. The third-order valence-electron chi connectivity index (χ3n) is 2.94. The van der Waals surface area contributed by atoms with Crippen LogP contribution in [0.15, 0.2) is 12.3 Å². The number of nitrogens with zero attached hydrogens (tertiary/aromatic N) is 3. The first-order valence-corrected chi connectivity index (χ1v) is 7.88. The van der Waals surface area contributed by atoms with Crippen molar-refractivity contribution in [2.45, 2.75) is 19.9 Å². The van der Waals surface area contributed by atoms with Gasteiger partial charge in [-0.2, -0.15) is 4.98 Å². The van der Waals surface area contributed by atoms with Gasteiger partial charge >= 0.3 is 0 Å². The molecular formula is C11H18N4O2S. The Kier molecular flexibility index (Phi) is 3.70. The standard InChI is InChI=1S/C11H18N4O2S/c1-3-12-11-13-5-4-10(14-11)15-6-7-18(16,17)8-9(15)2/h4-5,9H,3,6-8H2,1-2H3,(H,12,13,14). The average Bonchev–Trinajstić information content (AvgIpc) is 2.28. The van der Waals surface area contributed by atoms with E-state index in [2.05, 4.69) is 15.3 Å². The summed E-state index contributed by atoms with van der Waals surface area (Å²) in [4.78, 5) is 10.5. The van der Waals surface area contributed by atoms with E-state index >= 15 is 0 Å². The molecule has 0 amide bonds. The summed E-state index contributed by atoms with van der Waals surface area (Å²) in [6, 6.07) is 1.77. The van der Waals surface area contributed by atoms with Crippen LogP contribution in [0, 0.1) is 0 Å².